The molecule has 3 heteroatoms. The first-order valence-corrected chi connectivity index (χ1v) is 6.82. The van der Waals surface area contributed by atoms with Crippen molar-refractivity contribution in [2.45, 2.75) is 19.3 Å². The molecule has 0 aliphatic carbocycles. The molecule has 1 atom stereocenters. The molecule has 1 unspecified atom stereocenters. The topological polar surface area (TPSA) is 40.9 Å². The molecule has 2 aromatic carbocycles. The van der Waals surface area contributed by atoms with Crippen LogP contribution in [0.3, 0.4) is 0 Å². The van der Waals surface area contributed by atoms with E-state index in [0.29, 0.717) is 16.1 Å². The Hall–Kier alpha value is -2.11. The molecular weight excluding hydrogens is 270 g/mol. The van der Waals surface area contributed by atoms with E-state index in [2.05, 4.69) is 6.07 Å². The summed E-state index contributed by atoms with van der Waals surface area (Å²) in [7, 11) is 0. The number of halogens is 1. The number of hydrogen-bond donors (Lipinski definition) is 0. The van der Waals surface area contributed by atoms with Crippen molar-refractivity contribution in [1.82, 2.24) is 0 Å². The van der Waals surface area contributed by atoms with Gasteiger partial charge in [0.1, 0.15) is 5.92 Å². The Morgan fingerprint density at radius 3 is 2.45 bits per heavy atom. The summed E-state index contributed by atoms with van der Waals surface area (Å²) in [5.41, 5.74) is 2.26. The highest BCUT2D eigenvalue weighted by molar-refractivity contribution is 6.30. The standard InChI is InChI=1S/C17H14ClNO/c1-2-12-5-3-4-6-15(12)17(20)16(11-19)13-7-9-14(18)10-8-13/h3-10,16H,2H2,1H3. The van der Waals surface area contributed by atoms with Crippen molar-refractivity contribution in [2.75, 3.05) is 0 Å². The fraction of sp³-hybridized carbons (Fsp3) is 0.176. The molecule has 0 amide bonds. The predicted octanol–water partition coefficient (Wildman–Crippen LogP) is 4.39. The molecule has 0 spiro atoms. The number of Topliss-reactive ketones (excluding diaryl/α,β-unsaturated/α-hetero) is 1. The van der Waals surface area contributed by atoms with Gasteiger partial charge in [-0.1, -0.05) is 54.9 Å². The van der Waals surface area contributed by atoms with Crippen LogP contribution in [0.2, 0.25) is 5.02 Å². The van der Waals surface area contributed by atoms with Crippen molar-refractivity contribution in [3.05, 3.63) is 70.2 Å². The first-order valence-electron chi connectivity index (χ1n) is 6.44. The Morgan fingerprint density at radius 2 is 1.85 bits per heavy atom. The van der Waals surface area contributed by atoms with E-state index in [-0.39, 0.29) is 5.78 Å². The van der Waals surface area contributed by atoms with Gasteiger partial charge in [-0.3, -0.25) is 4.79 Å². The van der Waals surface area contributed by atoms with Gasteiger partial charge in [-0.15, -0.1) is 0 Å². The molecule has 20 heavy (non-hydrogen) atoms. The molecule has 2 rings (SSSR count). The highest BCUT2D eigenvalue weighted by Crippen LogP contribution is 2.24. The Kier molecular flexibility index (Phi) is 4.55. The molecule has 0 bridgehead atoms. The van der Waals surface area contributed by atoms with E-state index in [1.54, 1.807) is 30.3 Å². The van der Waals surface area contributed by atoms with Crippen molar-refractivity contribution < 1.29 is 4.79 Å². The van der Waals surface area contributed by atoms with Crippen LogP contribution < -0.4 is 0 Å². The molecule has 0 fully saturated rings. The van der Waals surface area contributed by atoms with Crippen molar-refractivity contribution in [2.24, 2.45) is 0 Å². The molecule has 0 aliphatic heterocycles. The Bertz CT molecular complexity index is 655. The van der Waals surface area contributed by atoms with Crippen LogP contribution in [0.25, 0.3) is 0 Å². The summed E-state index contributed by atoms with van der Waals surface area (Å²) < 4.78 is 0. The number of carbonyl (C=O) groups excluding carboxylic acids is 1. The summed E-state index contributed by atoms with van der Waals surface area (Å²) in [5, 5.41) is 9.93. The minimum Gasteiger partial charge on any atom is -0.292 e. The smallest absolute Gasteiger partial charge is 0.184 e. The fourth-order valence-corrected chi connectivity index (χ4v) is 2.29. The third-order valence-corrected chi connectivity index (χ3v) is 3.51. The van der Waals surface area contributed by atoms with Gasteiger partial charge in [-0.2, -0.15) is 5.26 Å². The van der Waals surface area contributed by atoms with Gasteiger partial charge in [0.15, 0.2) is 5.78 Å². The quantitative estimate of drug-likeness (QED) is 0.781. The number of ketones is 1. The number of nitrogens with zero attached hydrogens (tertiary/aromatic N) is 1. The van der Waals surface area contributed by atoms with Crippen LogP contribution in [-0.4, -0.2) is 5.78 Å². The number of benzene rings is 2. The summed E-state index contributed by atoms with van der Waals surface area (Å²) in [6.45, 7) is 2.00. The van der Waals surface area contributed by atoms with Gasteiger partial charge in [0.25, 0.3) is 0 Å². The lowest BCUT2D eigenvalue weighted by molar-refractivity contribution is 0.0978. The average Bonchev–Trinajstić information content (AvgIpc) is 2.49. The molecule has 0 saturated heterocycles. The summed E-state index contributed by atoms with van der Waals surface area (Å²) in [6, 6.07) is 16.4. The first kappa shape index (κ1) is 14.3. The minimum absolute atomic E-state index is 0.160. The largest absolute Gasteiger partial charge is 0.292 e. The van der Waals surface area contributed by atoms with Crippen LogP contribution in [0.4, 0.5) is 0 Å². The van der Waals surface area contributed by atoms with Gasteiger partial charge in [-0.25, -0.2) is 0 Å². The van der Waals surface area contributed by atoms with Crippen LogP contribution in [0, 0.1) is 11.3 Å². The zero-order valence-electron chi connectivity index (χ0n) is 11.1. The highest BCUT2D eigenvalue weighted by Gasteiger charge is 2.23. The number of hydrogen-bond acceptors (Lipinski definition) is 2. The SMILES string of the molecule is CCc1ccccc1C(=O)C(C#N)c1ccc(Cl)cc1. The van der Waals surface area contributed by atoms with E-state index >= 15 is 0 Å². The molecular formula is C17H14ClNO. The monoisotopic (exact) mass is 283 g/mol. The average molecular weight is 284 g/mol. The van der Waals surface area contributed by atoms with Gasteiger partial charge in [0, 0.05) is 10.6 Å². The van der Waals surface area contributed by atoms with E-state index in [1.807, 2.05) is 25.1 Å². The van der Waals surface area contributed by atoms with Crippen LogP contribution in [0.15, 0.2) is 48.5 Å². The Labute approximate surface area is 123 Å². The number of carbonyl (C=O) groups is 1. The van der Waals surface area contributed by atoms with Gasteiger partial charge in [-0.05, 0) is 29.7 Å². The molecule has 2 aromatic rings. The molecule has 0 aliphatic rings. The number of nitriles is 1. The van der Waals surface area contributed by atoms with E-state index in [4.69, 9.17) is 11.6 Å². The number of aryl methyl sites for hydroxylation is 1. The van der Waals surface area contributed by atoms with Crippen molar-refractivity contribution in [1.29, 1.82) is 5.26 Å². The highest BCUT2D eigenvalue weighted by atomic mass is 35.5. The van der Waals surface area contributed by atoms with Crippen molar-refractivity contribution in [3.63, 3.8) is 0 Å². The molecule has 0 saturated carbocycles. The number of rotatable bonds is 4. The van der Waals surface area contributed by atoms with Crippen LogP contribution in [0.5, 0.6) is 0 Å². The summed E-state index contributed by atoms with van der Waals surface area (Å²) >= 11 is 5.84. The first-order chi connectivity index (χ1) is 9.67. The van der Waals surface area contributed by atoms with Gasteiger partial charge >= 0.3 is 0 Å². The van der Waals surface area contributed by atoms with E-state index < -0.39 is 5.92 Å². The lowest BCUT2D eigenvalue weighted by Gasteiger charge is -2.11. The van der Waals surface area contributed by atoms with Gasteiger partial charge < -0.3 is 0 Å². The lowest BCUT2D eigenvalue weighted by Crippen LogP contribution is -2.13. The maximum atomic E-state index is 12.6. The second-order valence-corrected chi connectivity index (χ2v) is 4.93. The van der Waals surface area contributed by atoms with Crippen LogP contribution in [-0.2, 0) is 6.42 Å². The second kappa shape index (κ2) is 6.36. The normalized spacial score (nSPS) is 11.7. The van der Waals surface area contributed by atoms with Crippen LogP contribution in [0.1, 0.15) is 34.3 Å². The molecule has 0 heterocycles. The maximum Gasteiger partial charge on any atom is 0.184 e. The zero-order chi connectivity index (χ0) is 14.5. The Morgan fingerprint density at radius 1 is 1.20 bits per heavy atom. The third kappa shape index (κ3) is 2.89. The summed E-state index contributed by atoms with van der Waals surface area (Å²) in [5.74, 6) is -0.952. The lowest BCUT2D eigenvalue weighted by atomic mass is 9.89. The predicted molar refractivity (Wildman–Crippen MR) is 80.0 cm³/mol. The van der Waals surface area contributed by atoms with E-state index in [1.165, 1.54) is 0 Å². The maximum absolute atomic E-state index is 12.6. The minimum atomic E-state index is -0.792. The summed E-state index contributed by atoms with van der Waals surface area (Å²) in [4.78, 5) is 12.6. The van der Waals surface area contributed by atoms with Gasteiger partial charge in [0.05, 0.1) is 6.07 Å². The fourth-order valence-electron chi connectivity index (χ4n) is 2.16. The Balaban J connectivity index is 2.39. The molecule has 0 radical (unpaired) electrons. The second-order valence-electron chi connectivity index (χ2n) is 4.49. The molecule has 0 aromatic heterocycles. The zero-order valence-corrected chi connectivity index (χ0v) is 11.9. The molecule has 0 N–H and O–H groups in total. The third-order valence-electron chi connectivity index (χ3n) is 3.26. The van der Waals surface area contributed by atoms with E-state index in [0.717, 1.165) is 12.0 Å². The summed E-state index contributed by atoms with van der Waals surface area (Å²) in [6.07, 6.45) is 0.765. The van der Waals surface area contributed by atoms with Crippen molar-refractivity contribution in [3.8, 4) is 6.07 Å². The molecule has 2 nitrogen and oxygen atoms in total. The van der Waals surface area contributed by atoms with Gasteiger partial charge in [0.2, 0.25) is 0 Å². The molecule has 100 valence electrons. The van der Waals surface area contributed by atoms with E-state index in [9.17, 15) is 10.1 Å². The van der Waals surface area contributed by atoms with Crippen LogP contribution >= 0.6 is 11.6 Å². The van der Waals surface area contributed by atoms with Crippen molar-refractivity contribution >= 4 is 17.4 Å².